The van der Waals surface area contributed by atoms with Gasteiger partial charge in [-0.2, -0.15) is 4.31 Å². The SMILES string of the molecule is CCC(C)C1COC(=O)N1C1CCN(S(=O)(=O)c2ccc(-c3ccon3)s2)CC1. The van der Waals surface area contributed by atoms with Crippen LogP contribution in [-0.2, 0) is 14.8 Å². The molecule has 1 amide bonds. The molecule has 8 nitrogen and oxygen atoms in total. The number of nitrogens with zero attached hydrogens (tertiary/aromatic N) is 3. The number of cyclic esters (lactones) is 1. The van der Waals surface area contributed by atoms with Crippen molar-refractivity contribution in [2.45, 2.75) is 49.4 Å². The lowest BCUT2D eigenvalue weighted by atomic mass is 9.95. The molecule has 0 saturated carbocycles. The quantitative estimate of drug-likeness (QED) is 0.685. The van der Waals surface area contributed by atoms with Gasteiger partial charge in [0, 0.05) is 25.2 Å². The van der Waals surface area contributed by atoms with Crippen molar-refractivity contribution in [3.8, 4) is 10.6 Å². The molecule has 4 rings (SSSR count). The maximum absolute atomic E-state index is 13.1. The number of thiophene rings is 1. The fourth-order valence-electron chi connectivity index (χ4n) is 4.00. The molecule has 2 aromatic rings. The number of piperidine rings is 1. The van der Waals surface area contributed by atoms with Gasteiger partial charge < -0.3 is 9.26 Å². The van der Waals surface area contributed by atoms with Crippen LogP contribution in [0.5, 0.6) is 0 Å². The van der Waals surface area contributed by atoms with Crippen molar-refractivity contribution in [1.29, 1.82) is 0 Å². The number of aromatic nitrogens is 1. The summed E-state index contributed by atoms with van der Waals surface area (Å²) in [7, 11) is -3.57. The standard InChI is InChI=1S/C19H25N3O5S2/c1-3-13(2)16-12-26-19(23)22(16)14-6-9-21(10-7-14)29(24,25)18-5-4-17(28-18)15-8-11-27-20-15/h4-5,8,11,13-14,16H,3,6-7,9-10,12H2,1-2H3. The number of amides is 1. The molecule has 0 bridgehead atoms. The molecule has 0 aliphatic carbocycles. The number of carbonyl (C=O) groups is 1. The summed E-state index contributed by atoms with van der Waals surface area (Å²) in [5.74, 6) is 0.351. The number of hydrogen-bond acceptors (Lipinski definition) is 7. The van der Waals surface area contributed by atoms with Gasteiger partial charge in [0.2, 0.25) is 0 Å². The van der Waals surface area contributed by atoms with Crippen molar-refractivity contribution in [3.63, 3.8) is 0 Å². The van der Waals surface area contributed by atoms with Crippen molar-refractivity contribution in [2.75, 3.05) is 19.7 Å². The zero-order chi connectivity index (χ0) is 20.6. The molecule has 2 saturated heterocycles. The summed E-state index contributed by atoms with van der Waals surface area (Å²) in [6.07, 6.45) is 3.39. The fourth-order valence-corrected chi connectivity index (χ4v) is 6.89. The zero-order valence-corrected chi connectivity index (χ0v) is 18.1. The maximum Gasteiger partial charge on any atom is 0.410 e. The second kappa shape index (κ2) is 8.08. The first-order valence-corrected chi connectivity index (χ1v) is 12.1. The van der Waals surface area contributed by atoms with E-state index in [1.54, 1.807) is 18.2 Å². The van der Waals surface area contributed by atoms with Crippen molar-refractivity contribution in [1.82, 2.24) is 14.4 Å². The number of carbonyl (C=O) groups excluding carboxylic acids is 1. The molecule has 158 valence electrons. The van der Waals surface area contributed by atoms with Crippen LogP contribution in [0, 0.1) is 5.92 Å². The minimum absolute atomic E-state index is 0.0180. The van der Waals surface area contributed by atoms with Gasteiger partial charge in [-0.15, -0.1) is 11.3 Å². The van der Waals surface area contributed by atoms with E-state index in [0.29, 0.717) is 48.4 Å². The number of sulfonamides is 1. The van der Waals surface area contributed by atoms with Gasteiger partial charge in [-0.25, -0.2) is 13.2 Å². The Bertz CT molecular complexity index is 948. The summed E-state index contributed by atoms with van der Waals surface area (Å²) in [4.78, 5) is 14.9. The maximum atomic E-state index is 13.1. The van der Waals surface area contributed by atoms with Crippen LogP contribution < -0.4 is 0 Å². The first kappa shape index (κ1) is 20.4. The number of hydrogen-bond donors (Lipinski definition) is 0. The van der Waals surface area contributed by atoms with Crippen molar-refractivity contribution < 1.29 is 22.5 Å². The van der Waals surface area contributed by atoms with Crippen LogP contribution in [0.2, 0.25) is 0 Å². The van der Waals surface area contributed by atoms with Gasteiger partial charge in [-0.05, 0) is 30.9 Å². The van der Waals surface area contributed by atoms with Gasteiger partial charge in [-0.1, -0.05) is 25.4 Å². The number of rotatable bonds is 6. The van der Waals surface area contributed by atoms with E-state index < -0.39 is 10.0 Å². The Balaban J connectivity index is 1.44. The van der Waals surface area contributed by atoms with Crippen LogP contribution in [0.25, 0.3) is 10.6 Å². The molecular formula is C19H25N3O5S2. The predicted octanol–water partition coefficient (Wildman–Crippen LogP) is 3.42. The van der Waals surface area contributed by atoms with E-state index >= 15 is 0 Å². The molecule has 2 unspecified atom stereocenters. The smallest absolute Gasteiger partial charge is 0.410 e. The van der Waals surface area contributed by atoms with E-state index in [9.17, 15) is 13.2 Å². The molecule has 29 heavy (non-hydrogen) atoms. The molecule has 2 aliphatic heterocycles. The van der Waals surface area contributed by atoms with E-state index in [0.717, 1.165) is 11.3 Å². The highest BCUT2D eigenvalue weighted by atomic mass is 32.2. The Labute approximate surface area is 174 Å². The van der Waals surface area contributed by atoms with E-state index in [-0.39, 0.29) is 18.2 Å². The molecule has 2 aliphatic rings. The minimum Gasteiger partial charge on any atom is -0.447 e. The average Bonchev–Trinajstić information content (AvgIpc) is 3.47. The minimum atomic E-state index is -3.57. The third-order valence-corrected chi connectivity index (χ3v) is 9.40. The lowest BCUT2D eigenvalue weighted by molar-refractivity contribution is 0.114. The molecule has 0 aromatic carbocycles. The zero-order valence-electron chi connectivity index (χ0n) is 16.5. The first-order chi connectivity index (χ1) is 13.9. The van der Waals surface area contributed by atoms with Crippen molar-refractivity contribution in [3.05, 3.63) is 24.5 Å². The second-order valence-corrected chi connectivity index (χ2v) is 10.8. The Morgan fingerprint density at radius 3 is 2.69 bits per heavy atom. The Hall–Kier alpha value is -1.91. The molecule has 2 fully saturated rings. The lowest BCUT2D eigenvalue weighted by Gasteiger charge is -2.38. The van der Waals surface area contributed by atoms with Crippen LogP contribution in [0.3, 0.4) is 0 Å². The highest BCUT2D eigenvalue weighted by Crippen LogP contribution is 2.34. The molecule has 2 atom stereocenters. The van der Waals surface area contributed by atoms with E-state index in [1.165, 1.54) is 21.9 Å². The molecule has 0 N–H and O–H groups in total. The summed E-state index contributed by atoms with van der Waals surface area (Å²) in [6, 6.07) is 5.16. The summed E-state index contributed by atoms with van der Waals surface area (Å²) in [5.41, 5.74) is 0.624. The molecular weight excluding hydrogens is 414 g/mol. The van der Waals surface area contributed by atoms with Gasteiger partial charge in [0.15, 0.2) is 0 Å². The largest absolute Gasteiger partial charge is 0.447 e. The summed E-state index contributed by atoms with van der Waals surface area (Å²) < 4.78 is 38.1. The van der Waals surface area contributed by atoms with Crippen LogP contribution in [0.15, 0.2) is 33.2 Å². The van der Waals surface area contributed by atoms with Gasteiger partial charge >= 0.3 is 6.09 Å². The average molecular weight is 440 g/mol. The van der Waals surface area contributed by atoms with Crippen LogP contribution in [-0.4, -0.2) is 60.7 Å². The van der Waals surface area contributed by atoms with Gasteiger partial charge in [-0.3, -0.25) is 4.90 Å². The highest BCUT2D eigenvalue weighted by Gasteiger charge is 2.42. The lowest BCUT2D eigenvalue weighted by Crippen LogP contribution is -2.51. The molecule has 2 aromatic heterocycles. The van der Waals surface area contributed by atoms with Crippen LogP contribution in [0.4, 0.5) is 4.79 Å². The van der Waals surface area contributed by atoms with Gasteiger partial charge in [0.1, 0.15) is 22.8 Å². The highest BCUT2D eigenvalue weighted by molar-refractivity contribution is 7.91. The van der Waals surface area contributed by atoms with Gasteiger partial charge in [0.25, 0.3) is 10.0 Å². The topological polar surface area (TPSA) is 93.0 Å². The Kier molecular flexibility index (Phi) is 5.67. The fraction of sp³-hybridized carbons (Fsp3) is 0.579. The summed E-state index contributed by atoms with van der Waals surface area (Å²) >= 11 is 1.19. The number of ether oxygens (including phenoxy) is 1. The summed E-state index contributed by atoms with van der Waals surface area (Å²) in [5, 5.41) is 3.86. The normalized spacial score (nSPS) is 22.8. The Morgan fingerprint density at radius 1 is 1.28 bits per heavy atom. The van der Waals surface area contributed by atoms with E-state index in [2.05, 4.69) is 19.0 Å². The second-order valence-electron chi connectivity index (χ2n) is 7.58. The molecule has 0 spiro atoms. The van der Waals surface area contributed by atoms with Crippen LogP contribution in [0.1, 0.15) is 33.1 Å². The molecule has 0 radical (unpaired) electrons. The van der Waals surface area contributed by atoms with Gasteiger partial charge in [0.05, 0.1) is 10.9 Å². The van der Waals surface area contributed by atoms with Crippen molar-refractivity contribution >= 4 is 27.5 Å². The van der Waals surface area contributed by atoms with E-state index in [1.807, 2.05) is 4.90 Å². The Morgan fingerprint density at radius 2 is 2.03 bits per heavy atom. The summed E-state index contributed by atoms with van der Waals surface area (Å²) in [6.45, 7) is 5.44. The first-order valence-electron chi connectivity index (χ1n) is 9.87. The van der Waals surface area contributed by atoms with Crippen molar-refractivity contribution in [2.24, 2.45) is 5.92 Å². The third-order valence-electron chi connectivity index (χ3n) is 5.93. The predicted molar refractivity (Wildman–Crippen MR) is 108 cm³/mol. The molecule has 10 heteroatoms. The monoisotopic (exact) mass is 439 g/mol. The van der Waals surface area contributed by atoms with E-state index in [4.69, 9.17) is 9.26 Å². The molecule has 4 heterocycles. The third kappa shape index (κ3) is 3.80. The van der Waals surface area contributed by atoms with Crippen LogP contribution >= 0.6 is 11.3 Å².